The summed E-state index contributed by atoms with van der Waals surface area (Å²) in [6.45, 7) is 3.00. The van der Waals surface area contributed by atoms with Crippen molar-refractivity contribution in [1.29, 1.82) is 0 Å². The summed E-state index contributed by atoms with van der Waals surface area (Å²) in [7, 11) is 0. The van der Waals surface area contributed by atoms with Gasteiger partial charge in [-0.1, -0.05) is 19.8 Å². The van der Waals surface area contributed by atoms with E-state index >= 15 is 0 Å². The average Bonchev–Trinajstić information content (AvgIpc) is 2.44. The molecule has 1 saturated heterocycles. The monoisotopic (exact) mass is 169 g/mol. The molecular formula is C10H19NO. The Morgan fingerprint density at radius 3 is 2.75 bits per heavy atom. The smallest absolute Gasteiger partial charge is 0.0730 e. The molecule has 2 aliphatic rings. The summed E-state index contributed by atoms with van der Waals surface area (Å²) in [6.07, 6.45) is 6.27. The number of fused-ring (bicyclic) bond motifs is 1. The zero-order valence-electron chi connectivity index (χ0n) is 7.83. The van der Waals surface area contributed by atoms with Crippen molar-refractivity contribution < 1.29 is 4.74 Å². The lowest BCUT2D eigenvalue weighted by atomic mass is 9.79. The molecule has 2 nitrogen and oxygen atoms in total. The highest BCUT2D eigenvalue weighted by Gasteiger charge is 2.41. The summed E-state index contributed by atoms with van der Waals surface area (Å²) in [5.41, 5.74) is 5.65. The van der Waals surface area contributed by atoms with E-state index < -0.39 is 0 Å². The Balaban J connectivity index is 2.03. The fourth-order valence-corrected chi connectivity index (χ4v) is 2.79. The van der Waals surface area contributed by atoms with Crippen molar-refractivity contribution in [3.8, 4) is 0 Å². The highest BCUT2D eigenvalue weighted by atomic mass is 16.5. The van der Waals surface area contributed by atoms with Gasteiger partial charge in [0.2, 0.25) is 0 Å². The molecule has 0 bridgehead atoms. The van der Waals surface area contributed by atoms with E-state index in [1.165, 1.54) is 25.7 Å². The molecule has 1 saturated carbocycles. The Bertz CT molecular complexity index is 158. The van der Waals surface area contributed by atoms with Gasteiger partial charge in [-0.15, -0.1) is 0 Å². The lowest BCUT2D eigenvalue weighted by Gasteiger charge is -2.25. The first-order chi connectivity index (χ1) is 5.83. The summed E-state index contributed by atoms with van der Waals surface area (Å²) >= 11 is 0. The lowest BCUT2D eigenvalue weighted by molar-refractivity contribution is 0.0207. The normalized spacial score (nSPS) is 47.5. The van der Waals surface area contributed by atoms with Crippen LogP contribution in [0.25, 0.3) is 0 Å². The highest BCUT2D eigenvalue weighted by molar-refractivity contribution is 4.90. The molecule has 70 valence electrons. The number of hydrogen-bond donors (Lipinski definition) is 1. The van der Waals surface area contributed by atoms with Crippen LogP contribution >= 0.6 is 0 Å². The van der Waals surface area contributed by atoms with E-state index in [2.05, 4.69) is 6.92 Å². The van der Waals surface area contributed by atoms with Crippen LogP contribution in [0.4, 0.5) is 0 Å². The number of nitrogens with two attached hydrogens (primary N) is 1. The molecule has 2 fully saturated rings. The van der Waals surface area contributed by atoms with Crippen molar-refractivity contribution in [3.63, 3.8) is 0 Å². The zero-order chi connectivity index (χ0) is 8.55. The first-order valence-corrected chi connectivity index (χ1v) is 5.18. The van der Waals surface area contributed by atoms with E-state index in [0.29, 0.717) is 24.7 Å². The SMILES string of the molecule is CC1C(CN)OC2CCCCC21. The van der Waals surface area contributed by atoms with E-state index in [9.17, 15) is 0 Å². The molecule has 2 N–H and O–H groups in total. The van der Waals surface area contributed by atoms with Crippen LogP contribution < -0.4 is 5.73 Å². The molecular weight excluding hydrogens is 150 g/mol. The second-order valence-electron chi connectivity index (χ2n) is 4.26. The molecule has 2 rings (SSSR count). The summed E-state index contributed by atoms with van der Waals surface area (Å²) in [6, 6.07) is 0. The molecule has 1 heterocycles. The zero-order valence-corrected chi connectivity index (χ0v) is 7.83. The fraction of sp³-hybridized carbons (Fsp3) is 1.00. The van der Waals surface area contributed by atoms with Gasteiger partial charge in [0.25, 0.3) is 0 Å². The van der Waals surface area contributed by atoms with E-state index in [-0.39, 0.29) is 0 Å². The summed E-state index contributed by atoms with van der Waals surface area (Å²) in [5, 5.41) is 0. The Labute approximate surface area is 74.5 Å². The molecule has 4 atom stereocenters. The van der Waals surface area contributed by atoms with E-state index in [1.807, 2.05) is 0 Å². The van der Waals surface area contributed by atoms with Crippen LogP contribution in [0.1, 0.15) is 32.6 Å². The minimum Gasteiger partial charge on any atom is -0.373 e. The van der Waals surface area contributed by atoms with Gasteiger partial charge >= 0.3 is 0 Å². The van der Waals surface area contributed by atoms with Crippen molar-refractivity contribution in [2.24, 2.45) is 17.6 Å². The average molecular weight is 169 g/mol. The van der Waals surface area contributed by atoms with Gasteiger partial charge in [0.1, 0.15) is 0 Å². The lowest BCUT2D eigenvalue weighted by Crippen LogP contribution is -2.26. The molecule has 0 spiro atoms. The second kappa shape index (κ2) is 3.35. The van der Waals surface area contributed by atoms with Crippen molar-refractivity contribution >= 4 is 0 Å². The van der Waals surface area contributed by atoms with Crippen molar-refractivity contribution in [1.82, 2.24) is 0 Å². The van der Waals surface area contributed by atoms with Crippen molar-refractivity contribution in [2.45, 2.75) is 44.8 Å². The molecule has 1 aliphatic heterocycles. The van der Waals surface area contributed by atoms with Crippen LogP contribution in [0.5, 0.6) is 0 Å². The van der Waals surface area contributed by atoms with Gasteiger partial charge in [-0.3, -0.25) is 0 Å². The third-order valence-corrected chi connectivity index (χ3v) is 3.60. The summed E-state index contributed by atoms with van der Waals surface area (Å²) in [5.74, 6) is 1.51. The first-order valence-electron chi connectivity index (χ1n) is 5.18. The quantitative estimate of drug-likeness (QED) is 0.646. The maximum absolute atomic E-state index is 5.90. The summed E-state index contributed by atoms with van der Waals surface area (Å²) in [4.78, 5) is 0. The number of hydrogen-bond acceptors (Lipinski definition) is 2. The Morgan fingerprint density at radius 1 is 1.33 bits per heavy atom. The fourth-order valence-electron chi connectivity index (χ4n) is 2.79. The molecule has 0 aromatic carbocycles. The van der Waals surface area contributed by atoms with Gasteiger partial charge in [0.05, 0.1) is 12.2 Å². The van der Waals surface area contributed by atoms with E-state index in [0.717, 1.165) is 5.92 Å². The topological polar surface area (TPSA) is 35.2 Å². The van der Waals surface area contributed by atoms with Gasteiger partial charge in [-0.25, -0.2) is 0 Å². The third kappa shape index (κ3) is 1.27. The largest absolute Gasteiger partial charge is 0.373 e. The van der Waals surface area contributed by atoms with Gasteiger partial charge in [0.15, 0.2) is 0 Å². The molecule has 1 aliphatic carbocycles. The first kappa shape index (κ1) is 8.52. The maximum atomic E-state index is 5.90. The Morgan fingerprint density at radius 2 is 2.08 bits per heavy atom. The maximum Gasteiger partial charge on any atom is 0.0730 e. The Kier molecular flexibility index (Phi) is 2.37. The Hall–Kier alpha value is -0.0800. The molecule has 2 heteroatoms. The van der Waals surface area contributed by atoms with E-state index in [4.69, 9.17) is 10.5 Å². The predicted molar refractivity (Wildman–Crippen MR) is 48.8 cm³/mol. The standard InChI is InChI=1S/C10H19NO/c1-7-8-4-2-3-5-9(8)12-10(7)6-11/h7-10H,2-6,11H2,1H3. The van der Waals surface area contributed by atoms with Crippen LogP contribution in [0.2, 0.25) is 0 Å². The van der Waals surface area contributed by atoms with Gasteiger partial charge in [-0.2, -0.15) is 0 Å². The minimum absolute atomic E-state index is 0.345. The van der Waals surface area contributed by atoms with Crippen LogP contribution in [0.3, 0.4) is 0 Å². The van der Waals surface area contributed by atoms with Crippen molar-refractivity contribution in [2.75, 3.05) is 6.54 Å². The molecule has 12 heavy (non-hydrogen) atoms. The molecule has 0 aromatic rings. The highest BCUT2D eigenvalue weighted by Crippen LogP contribution is 2.40. The van der Waals surface area contributed by atoms with Gasteiger partial charge < -0.3 is 10.5 Å². The third-order valence-electron chi connectivity index (χ3n) is 3.60. The molecule has 4 unspecified atom stereocenters. The van der Waals surface area contributed by atoms with Gasteiger partial charge in [-0.05, 0) is 24.7 Å². The van der Waals surface area contributed by atoms with Crippen LogP contribution in [0.15, 0.2) is 0 Å². The molecule has 0 radical (unpaired) electrons. The van der Waals surface area contributed by atoms with Crippen molar-refractivity contribution in [3.05, 3.63) is 0 Å². The molecule has 0 amide bonds. The minimum atomic E-state index is 0.345. The van der Waals surface area contributed by atoms with Crippen LogP contribution in [-0.2, 0) is 4.74 Å². The predicted octanol–water partition coefficient (Wildman–Crippen LogP) is 1.54. The second-order valence-corrected chi connectivity index (χ2v) is 4.26. The van der Waals surface area contributed by atoms with E-state index in [1.54, 1.807) is 0 Å². The number of rotatable bonds is 1. The van der Waals surface area contributed by atoms with Gasteiger partial charge in [0, 0.05) is 6.54 Å². The van der Waals surface area contributed by atoms with Crippen LogP contribution in [0, 0.1) is 11.8 Å². The number of ether oxygens (including phenoxy) is 1. The van der Waals surface area contributed by atoms with Crippen LogP contribution in [-0.4, -0.2) is 18.8 Å². The summed E-state index contributed by atoms with van der Waals surface area (Å²) < 4.78 is 5.90. The molecule has 0 aromatic heterocycles.